The zero-order chi connectivity index (χ0) is 41.2. The topological polar surface area (TPSA) is 150 Å². The van der Waals surface area contributed by atoms with Gasteiger partial charge in [0.05, 0.1) is 42.1 Å². The average molecular weight is 811 g/mol. The molecule has 3 saturated heterocycles. The van der Waals surface area contributed by atoms with E-state index in [0.717, 1.165) is 49.5 Å². The van der Waals surface area contributed by atoms with Gasteiger partial charge in [0, 0.05) is 55.6 Å². The Morgan fingerprint density at radius 3 is 2.35 bits per heavy atom. The summed E-state index contributed by atoms with van der Waals surface area (Å²) in [5.41, 5.74) is -1.43. The van der Waals surface area contributed by atoms with Crippen molar-refractivity contribution >= 4 is 58.0 Å². The number of alkyl halides is 3. The summed E-state index contributed by atoms with van der Waals surface area (Å²) < 4.78 is 47.5. The second-order valence-electron chi connectivity index (χ2n) is 15.9. The van der Waals surface area contributed by atoms with E-state index in [-0.39, 0.29) is 65.7 Å². The number of piperazine rings is 1. The standard InChI is InChI=1S/C40H49F3N8O5S/c1-24-21-48(22-25(2)49(24)23-35(53)46-28-7-5-6-27(18-28)45-33-14-15-34(52)47-36(33)54)16-17-56-31-12-10-29(11-13-31)51-38(57)50(37(55)39(51,3)4)30-9-8-26(20-44)32(19-30)40(41,42)43/h5-9,18-19,24-25,29,31,33,45H,10-17,21-23H2,1-4H3,(H,46,53)(H,47,52,54)/t24-,25+,29?,31?,33-/m1/s1. The number of halogens is 3. The zero-order valence-corrected chi connectivity index (χ0v) is 33.3. The minimum absolute atomic E-state index is 0.0134. The number of hydrogen-bond acceptors (Lipinski definition) is 10. The van der Waals surface area contributed by atoms with Crippen LogP contribution in [0.1, 0.15) is 77.3 Å². The maximum atomic E-state index is 13.7. The molecule has 0 bridgehead atoms. The van der Waals surface area contributed by atoms with Crippen molar-refractivity contribution in [1.29, 1.82) is 5.26 Å². The van der Waals surface area contributed by atoms with Gasteiger partial charge in [-0.1, -0.05) is 6.07 Å². The summed E-state index contributed by atoms with van der Waals surface area (Å²) in [6.07, 6.45) is -1.18. The molecule has 4 fully saturated rings. The van der Waals surface area contributed by atoms with E-state index in [2.05, 4.69) is 39.6 Å². The number of nitrogens with zero attached hydrogens (tertiary/aromatic N) is 5. The first-order chi connectivity index (χ1) is 27.0. The maximum Gasteiger partial charge on any atom is 0.417 e. The lowest BCUT2D eigenvalue weighted by atomic mass is 9.89. The number of hydrogen-bond donors (Lipinski definition) is 3. The first-order valence-corrected chi connectivity index (χ1v) is 19.8. The van der Waals surface area contributed by atoms with E-state index < -0.39 is 34.8 Å². The molecule has 17 heteroatoms. The van der Waals surface area contributed by atoms with Crippen molar-refractivity contribution in [2.75, 3.05) is 48.3 Å². The van der Waals surface area contributed by atoms with E-state index >= 15 is 0 Å². The molecular formula is C40H49F3N8O5S. The van der Waals surface area contributed by atoms with E-state index in [1.807, 2.05) is 11.0 Å². The van der Waals surface area contributed by atoms with Crippen molar-refractivity contribution in [2.24, 2.45) is 0 Å². The normalized spacial score (nSPS) is 26.0. The van der Waals surface area contributed by atoms with Gasteiger partial charge in [-0.2, -0.15) is 18.4 Å². The Morgan fingerprint density at radius 1 is 1.02 bits per heavy atom. The number of anilines is 3. The number of carbonyl (C=O) groups excluding carboxylic acids is 4. The molecule has 4 amide bonds. The van der Waals surface area contributed by atoms with Crippen molar-refractivity contribution in [3.05, 3.63) is 53.6 Å². The SMILES string of the molecule is C[C@@H]1CN(CCOC2CCC(N3C(=S)N(c4ccc(C#N)c(C(F)(F)F)c4)C(=O)C3(C)C)CC2)C[C@H](C)N1CC(=O)Nc1cccc(N[C@@H]2CCC(=O)NC2=O)c1. The molecule has 13 nitrogen and oxygen atoms in total. The van der Waals surface area contributed by atoms with Gasteiger partial charge in [0.15, 0.2) is 5.11 Å². The largest absolute Gasteiger partial charge is 0.417 e. The molecular weight excluding hydrogens is 762 g/mol. The lowest BCUT2D eigenvalue weighted by molar-refractivity contribution is -0.138. The molecule has 0 unspecified atom stereocenters. The summed E-state index contributed by atoms with van der Waals surface area (Å²) in [7, 11) is 0. The van der Waals surface area contributed by atoms with E-state index in [4.69, 9.17) is 17.0 Å². The number of carbonyl (C=O) groups is 4. The molecule has 2 aromatic carbocycles. The molecule has 3 atom stereocenters. The quantitative estimate of drug-likeness (QED) is 0.211. The van der Waals surface area contributed by atoms with Gasteiger partial charge in [-0.15, -0.1) is 0 Å². The van der Waals surface area contributed by atoms with Crippen LogP contribution < -0.4 is 20.9 Å². The molecule has 3 N–H and O–H groups in total. The van der Waals surface area contributed by atoms with Crippen LogP contribution in [0.25, 0.3) is 0 Å². The molecule has 0 radical (unpaired) electrons. The van der Waals surface area contributed by atoms with Gasteiger partial charge in [-0.3, -0.25) is 39.2 Å². The van der Waals surface area contributed by atoms with Gasteiger partial charge in [-0.05, 0) is 108 Å². The van der Waals surface area contributed by atoms with E-state index in [1.54, 1.807) is 38.1 Å². The van der Waals surface area contributed by atoms with Crippen LogP contribution in [0.15, 0.2) is 42.5 Å². The summed E-state index contributed by atoms with van der Waals surface area (Å²) in [4.78, 5) is 57.9. The molecule has 3 heterocycles. The number of imide groups is 1. The minimum atomic E-state index is -4.76. The second-order valence-corrected chi connectivity index (χ2v) is 16.3. The number of piperidine rings is 1. The predicted molar refractivity (Wildman–Crippen MR) is 211 cm³/mol. The molecule has 3 aliphatic heterocycles. The Hall–Kier alpha value is -4.63. The number of amides is 4. The lowest BCUT2D eigenvalue weighted by Crippen LogP contribution is -2.58. The average Bonchev–Trinajstić information content (AvgIpc) is 3.32. The minimum Gasteiger partial charge on any atom is -0.377 e. The van der Waals surface area contributed by atoms with Crippen molar-refractivity contribution in [3.8, 4) is 6.07 Å². The van der Waals surface area contributed by atoms with Crippen LogP contribution in [0.2, 0.25) is 0 Å². The highest BCUT2D eigenvalue weighted by atomic mass is 32.1. The molecule has 6 rings (SSSR count). The fourth-order valence-corrected chi connectivity index (χ4v) is 9.08. The van der Waals surface area contributed by atoms with E-state index in [0.29, 0.717) is 37.2 Å². The van der Waals surface area contributed by atoms with Gasteiger partial charge in [-0.25, -0.2) is 0 Å². The molecule has 1 aliphatic carbocycles. The molecule has 57 heavy (non-hydrogen) atoms. The Kier molecular flexibility index (Phi) is 12.6. The Morgan fingerprint density at radius 2 is 1.70 bits per heavy atom. The van der Waals surface area contributed by atoms with Crippen LogP contribution in [0.3, 0.4) is 0 Å². The first-order valence-electron chi connectivity index (χ1n) is 19.3. The summed E-state index contributed by atoms with van der Waals surface area (Å²) >= 11 is 5.74. The number of thiocarbonyl (C=S) groups is 1. The van der Waals surface area contributed by atoms with Gasteiger partial charge < -0.3 is 20.3 Å². The Bertz CT molecular complexity index is 1920. The Labute approximate surface area is 335 Å². The number of ether oxygens (including phenoxy) is 1. The summed E-state index contributed by atoms with van der Waals surface area (Å²) in [5.74, 6) is -1.20. The molecule has 2 aromatic rings. The smallest absolute Gasteiger partial charge is 0.377 e. The monoisotopic (exact) mass is 810 g/mol. The molecule has 0 aromatic heterocycles. The van der Waals surface area contributed by atoms with Crippen LogP contribution in [0.5, 0.6) is 0 Å². The third-order valence-electron chi connectivity index (χ3n) is 11.4. The fourth-order valence-electron chi connectivity index (χ4n) is 8.52. The summed E-state index contributed by atoms with van der Waals surface area (Å²) in [6.45, 7) is 10.7. The van der Waals surface area contributed by atoms with Crippen LogP contribution in [-0.2, 0) is 30.1 Å². The van der Waals surface area contributed by atoms with E-state index in [9.17, 15) is 37.6 Å². The highest BCUT2D eigenvalue weighted by Gasteiger charge is 2.52. The molecule has 1 saturated carbocycles. The summed E-state index contributed by atoms with van der Waals surface area (Å²) in [6, 6.07) is 11.6. The highest BCUT2D eigenvalue weighted by molar-refractivity contribution is 7.80. The van der Waals surface area contributed by atoms with Crippen LogP contribution in [-0.4, -0.2) is 112 Å². The van der Waals surface area contributed by atoms with Gasteiger partial charge in [0.1, 0.15) is 11.6 Å². The van der Waals surface area contributed by atoms with Crippen LogP contribution in [0, 0.1) is 11.3 Å². The fraction of sp³-hybridized carbons (Fsp3) is 0.550. The number of nitrogens with one attached hydrogen (secondary N) is 3. The van der Waals surface area contributed by atoms with Crippen LogP contribution >= 0.6 is 12.2 Å². The third kappa shape index (κ3) is 9.41. The third-order valence-corrected chi connectivity index (χ3v) is 11.8. The predicted octanol–water partition coefficient (Wildman–Crippen LogP) is 4.87. The number of nitriles is 1. The van der Waals surface area contributed by atoms with Crippen molar-refractivity contribution in [1.82, 2.24) is 20.0 Å². The lowest BCUT2D eigenvalue weighted by Gasteiger charge is -2.44. The highest BCUT2D eigenvalue weighted by Crippen LogP contribution is 2.40. The molecule has 4 aliphatic rings. The van der Waals surface area contributed by atoms with Crippen molar-refractivity contribution in [3.63, 3.8) is 0 Å². The molecule has 306 valence electrons. The summed E-state index contributed by atoms with van der Waals surface area (Å²) in [5, 5.41) is 17.8. The van der Waals surface area contributed by atoms with Gasteiger partial charge in [0.2, 0.25) is 17.7 Å². The van der Waals surface area contributed by atoms with Crippen molar-refractivity contribution < 1.29 is 37.1 Å². The number of benzene rings is 2. The van der Waals surface area contributed by atoms with Gasteiger partial charge in [0.25, 0.3) is 5.91 Å². The first kappa shape index (κ1) is 42.0. The Balaban J connectivity index is 0.943. The van der Waals surface area contributed by atoms with E-state index in [1.165, 1.54) is 6.07 Å². The molecule has 0 spiro atoms. The van der Waals surface area contributed by atoms with Crippen molar-refractivity contribution in [2.45, 2.75) is 108 Å². The number of rotatable bonds is 11. The van der Waals surface area contributed by atoms with Crippen LogP contribution in [0.4, 0.5) is 30.2 Å². The zero-order valence-electron chi connectivity index (χ0n) is 32.5. The maximum absolute atomic E-state index is 13.7. The second kappa shape index (κ2) is 17.1. The van der Waals surface area contributed by atoms with Gasteiger partial charge >= 0.3 is 6.18 Å².